The fourth-order valence-corrected chi connectivity index (χ4v) is 1.79. The second-order valence-electron chi connectivity index (χ2n) is 4.01. The highest BCUT2D eigenvalue weighted by Gasteiger charge is 2.08. The van der Waals surface area contributed by atoms with Gasteiger partial charge in [0, 0.05) is 18.0 Å². The van der Waals surface area contributed by atoms with Crippen LogP contribution in [0.2, 0.25) is 0 Å². The number of rotatable bonds is 3. The first-order chi connectivity index (χ1) is 9.36. The zero-order chi connectivity index (χ0) is 13.1. The molecule has 0 spiro atoms. The number of methoxy groups -OCH3 is 1. The lowest BCUT2D eigenvalue weighted by molar-refractivity contribution is 0.415. The summed E-state index contributed by atoms with van der Waals surface area (Å²) in [7, 11) is 1.64. The van der Waals surface area contributed by atoms with Crippen LogP contribution in [0.1, 0.15) is 0 Å². The lowest BCUT2D eigenvalue weighted by atomic mass is 10.2. The summed E-state index contributed by atoms with van der Waals surface area (Å²) >= 11 is 0. The number of benzene rings is 1. The van der Waals surface area contributed by atoms with Gasteiger partial charge in [-0.1, -0.05) is 0 Å². The van der Waals surface area contributed by atoms with E-state index in [4.69, 9.17) is 9.15 Å². The van der Waals surface area contributed by atoms with Gasteiger partial charge in [0.15, 0.2) is 0 Å². The molecule has 0 saturated heterocycles. The molecule has 19 heavy (non-hydrogen) atoms. The van der Waals surface area contributed by atoms with Crippen molar-refractivity contribution in [2.75, 3.05) is 7.11 Å². The predicted octanol–water partition coefficient (Wildman–Crippen LogP) is 3.41. The number of ether oxygens (including phenoxy) is 1. The third-order valence-corrected chi connectivity index (χ3v) is 2.80. The summed E-state index contributed by atoms with van der Waals surface area (Å²) in [5.41, 5.74) is 2.64. The van der Waals surface area contributed by atoms with Crippen LogP contribution in [0.4, 0.5) is 0 Å². The van der Waals surface area contributed by atoms with Crippen molar-refractivity contribution in [3.63, 3.8) is 0 Å². The van der Waals surface area contributed by atoms with Crippen molar-refractivity contribution >= 4 is 0 Å². The molecule has 2 heterocycles. The molecule has 0 saturated carbocycles. The minimum absolute atomic E-state index is 0.568. The van der Waals surface area contributed by atoms with E-state index in [1.807, 2.05) is 36.4 Å². The molecule has 0 bridgehead atoms. The Kier molecular flexibility index (Phi) is 2.98. The summed E-state index contributed by atoms with van der Waals surface area (Å²) in [6.07, 6.45) is 5.09. The summed E-state index contributed by atoms with van der Waals surface area (Å²) in [6.45, 7) is 0. The van der Waals surface area contributed by atoms with Crippen molar-refractivity contribution in [3.8, 4) is 28.5 Å². The van der Waals surface area contributed by atoms with E-state index in [9.17, 15) is 0 Å². The molecule has 0 aliphatic rings. The average molecular weight is 252 g/mol. The van der Waals surface area contributed by atoms with Crippen LogP contribution in [-0.4, -0.2) is 17.1 Å². The topological polar surface area (TPSA) is 48.2 Å². The van der Waals surface area contributed by atoms with Gasteiger partial charge in [0.2, 0.25) is 5.89 Å². The number of pyridine rings is 1. The van der Waals surface area contributed by atoms with Crippen molar-refractivity contribution in [2.24, 2.45) is 0 Å². The molecule has 0 N–H and O–H groups in total. The maximum Gasteiger partial charge on any atom is 0.228 e. The highest BCUT2D eigenvalue weighted by Crippen LogP contribution is 2.25. The van der Waals surface area contributed by atoms with Crippen LogP contribution in [0.3, 0.4) is 0 Å². The van der Waals surface area contributed by atoms with E-state index in [1.165, 1.54) is 0 Å². The van der Waals surface area contributed by atoms with Crippen molar-refractivity contribution in [1.82, 2.24) is 9.97 Å². The zero-order valence-electron chi connectivity index (χ0n) is 10.4. The molecule has 0 aliphatic heterocycles. The Morgan fingerprint density at radius 2 is 1.89 bits per heavy atom. The Balaban J connectivity index is 1.92. The highest BCUT2D eigenvalue weighted by molar-refractivity contribution is 5.62. The highest BCUT2D eigenvalue weighted by atomic mass is 16.5. The molecule has 1 aromatic carbocycles. The second-order valence-corrected chi connectivity index (χ2v) is 4.01. The molecule has 0 aliphatic carbocycles. The van der Waals surface area contributed by atoms with Crippen LogP contribution in [0, 0.1) is 0 Å². The predicted molar refractivity (Wildman–Crippen MR) is 71.7 cm³/mol. The minimum Gasteiger partial charge on any atom is -0.497 e. The quantitative estimate of drug-likeness (QED) is 0.716. The standard InChI is InChI=1S/C15H12N2O2/c1-18-13-6-4-11(5-7-13)14-10-19-15(17-14)12-3-2-8-16-9-12/h2-10H,1H3. The number of hydrogen-bond donors (Lipinski definition) is 0. The van der Waals surface area contributed by atoms with E-state index < -0.39 is 0 Å². The largest absolute Gasteiger partial charge is 0.497 e. The zero-order valence-corrected chi connectivity index (χ0v) is 10.4. The van der Waals surface area contributed by atoms with Gasteiger partial charge in [0.1, 0.15) is 17.7 Å². The Labute approximate surface area is 110 Å². The van der Waals surface area contributed by atoms with Gasteiger partial charge in [-0.2, -0.15) is 0 Å². The smallest absolute Gasteiger partial charge is 0.228 e. The molecule has 0 atom stereocenters. The van der Waals surface area contributed by atoms with E-state index in [2.05, 4.69) is 9.97 Å². The lowest BCUT2D eigenvalue weighted by Crippen LogP contribution is -1.83. The van der Waals surface area contributed by atoms with Crippen molar-refractivity contribution in [1.29, 1.82) is 0 Å². The normalized spacial score (nSPS) is 10.4. The number of nitrogens with zero attached hydrogens (tertiary/aromatic N) is 2. The SMILES string of the molecule is COc1ccc(-c2coc(-c3cccnc3)n2)cc1. The molecule has 4 heteroatoms. The summed E-state index contributed by atoms with van der Waals surface area (Å²) < 4.78 is 10.6. The van der Waals surface area contributed by atoms with Gasteiger partial charge in [0.25, 0.3) is 0 Å². The third kappa shape index (κ3) is 2.33. The average Bonchev–Trinajstić information content (AvgIpc) is 2.98. The van der Waals surface area contributed by atoms with Crippen molar-refractivity contribution < 1.29 is 9.15 Å². The van der Waals surface area contributed by atoms with Gasteiger partial charge in [-0.25, -0.2) is 4.98 Å². The molecule has 4 nitrogen and oxygen atoms in total. The van der Waals surface area contributed by atoms with E-state index >= 15 is 0 Å². The maximum atomic E-state index is 5.48. The summed E-state index contributed by atoms with van der Waals surface area (Å²) in [6, 6.07) is 11.5. The monoisotopic (exact) mass is 252 g/mol. The van der Waals surface area contributed by atoms with Crippen LogP contribution in [0.25, 0.3) is 22.7 Å². The molecule has 2 aromatic heterocycles. The van der Waals surface area contributed by atoms with Crippen LogP contribution >= 0.6 is 0 Å². The van der Waals surface area contributed by atoms with Crippen LogP contribution in [0.15, 0.2) is 59.5 Å². The molecule has 0 amide bonds. The molecule has 0 unspecified atom stereocenters. The first-order valence-corrected chi connectivity index (χ1v) is 5.87. The van der Waals surface area contributed by atoms with Gasteiger partial charge in [-0.05, 0) is 36.4 Å². The van der Waals surface area contributed by atoms with Gasteiger partial charge < -0.3 is 9.15 Å². The molecule has 3 aromatic rings. The summed E-state index contributed by atoms with van der Waals surface area (Å²) in [5, 5.41) is 0. The Bertz CT molecular complexity index is 660. The van der Waals surface area contributed by atoms with Crippen LogP contribution in [-0.2, 0) is 0 Å². The molecular formula is C15H12N2O2. The lowest BCUT2D eigenvalue weighted by Gasteiger charge is -1.99. The van der Waals surface area contributed by atoms with E-state index in [-0.39, 0.29) is 0 Å². The number of aromatic nitrogens is 2. The van der Waals surface area contributed by atoms with E-state index in [1.54, 1.807) is 25.8 Å². The van der Waals surface area contributed by atoms with Crippen molar-refractivity contribution in [3.05, 3.63) is 55.1 Å². The van der Waals surface area contributed by atoms with E-state index in [0.717, 1.165) is 22.6 Å². The molecule has 0 radical (unpaired) electrons. The van der Waals surface area contributed by atoms with E-state index in [0.29, 0.717) is 5.89 Å². The fourth-order valence-electron chi connectivity index (χ4n) is 1.79. The Morgan fingerprint density at radius 3 is 2.58 bits per heavy atom. The first kappa shape index (κ1) is 11.5. The summed E-state index contributed by atoms with van der Waals surface area (Å²) in [4.78, 5) is 8.51. The van der Waals surface area contributed by atoms with Gasteiger partial charge in [-0.3, -0.25) is 4.98 Å². The molecule has 94 valence electrons. The van der Waals surface area contributed by atoms with Gasteiger partial charge in [-0.15, -0.1) is 0 Å². The first-order valence-electron chi connectivity index (χ1n) is 5.87. The molecular weight excluding hydrogens is 240 g/mol. The molecule has 3 rings (SSSR count). The summed E-state index contributed by atoms with van der Waals surface area (Å²) in [5.74, 6) is 1.39. The van der Waals surface area contributed by atoms with Gasteiger partial charge in [0.05, 0.1) is 12.7 Å². The minimum atomic E-state index is 0.568. The Morgan fingerprint density at radius 1 is 1.05 bits per heavy atom. The fraction of sp³-hybridized carbons (Fsp3) is 0.0667. The van der Waals surface area contributed by atoms with Gasteiger partial charge >= 0.3 is 0 Å². The van der Waals surface area contributed by atoms with Crippen LogP contribution in [0.5, 0.6) is 5.75 Å². The second kappa shape index (κ2) is 4.94. The van der Waals surface area contributed by atoms with Crippen LogP contribution < -0.4 is 4.74 Å². The Hall–Kier alpha value is -2.62. The molecule has 0 fully saturated rings. The maximum absolute atomic E-state index is 5.48. The third-order valence-electron chi connectivity index (χ3n) is 2.80. The number of hydrogen-bond acceptors (Lipinski definition) is 4. The van der Waals surface area contributed by atoms with Crippen molar-refractivity contribution in [2.45, 2.75) is 0 Å². The number of oxazole rings is 1.